The summed E-state index contributed by atoms with van der Waals surface area (Å²) in [6, 6.07) is 6.03. The minimum Gasteiger partial charge on any atom is -0.591 e. The van der Waals surface area contributed by atoms with E-state index in [0.29, 0.717) is 0 Å². The van der Waals surface area contributed by atoms with Crippen LogP contribution in [0.4, 0.5) is 0 Å². The van der Waals surface area contributed by atoms with Gasteiger partial charge in [-0.2, -0.15) is 0 Å². The number of halogens is 1. The first-order valence-electron chi connectivity index (χ1n) is 8.28. The van der Waals surface area contributed by atoms with Crippen LogP contribution in [0.15, 0.2) is 27.1 Å². The molecular weight excluding hydrogens is 374 g/mol. The van der Waals surface area contributed by atoms with Crippen molar-refractivity contribution in [1.82, 2.24) is 0 Å². The van der Waals surface area contributed by atoms with Crippen molar-refractivity contribution in [1.29, 1.82) is 0 Å². The molecule has 0 radical (unpaired) electrons. The summed E-state index contributed by atoms with van der Waals surface area (Å²) in [5.74, 6) is 0.881. The molecule has 126 valence electrons. The summed E-state index contributed by atoms with van der Waals surface area (Å²) >= 11 is 2.27. The standard InChI is InChI=1S/C18H24BrNO2S/c1-17(2,3)23(21)20-15-12-18(9-5-4-6-10-18)22-16-8-7-13(19)11-14(15)16/h7-8,11H,4-6,9-10,12H2,1-3H3/b20-15+. The number of rotatable bonds is 1. The minimum atomic E-state index is -1.25. The molecule has 0 aromatic heterocycles. The van der Waals surface area contributed by atoms with Crippen LogP contribution in [0.3, 0.4) is 0 Å². The zero-order chi connectivity index (χ0) is 16.7. The van der Waals surface area contributed by atoms with E-state index in [4.69, 9.17) is 4.74 Å². The Labute approximate surface area is 150 Å². The van der Waals surface area contributed by atoms with E-state index in [0.717, 1.165) is 40.8 Å². The highest BCUT2D eigenvalue weighted by Crippen LogP contribution is 2.43. The first-order valence-corrected chi connectivity index (χ1v) is 10.2. The monoisotopic (exact) mass is 397 g/mol. The molecule has 1 aromatic carbocycles. The molecule has 1 unspecified atom stereocenters. The van der Waals surface area contributed by atoms with Gasteiger partial charge in [-0.1, -0.05) is 26.7 Å². The summed E-state index contributed by atoms with van der Waals surface area (Å²) in [5, 5.41) is 0. The Hall–Kier alpha value is -0.520. The van der Waals surface area contributed by atoms with Crippen molar-refractivity contribution < 1.29 is 9.29 Å². The van der Waals surface area contributed by atoms with Crippen LogP contribution >= 0.6 is 15.9 Å². The van der Waals surface area contributed by atoms with Gasteiger partial charge in [0.15, 0.2) is 0 Å². The molecule has 2 aliphatic rings. The fourth-order valence-corrected chi connectivity index (χ4v) is 4.28. The highest BCUT2D eigenvalue weighted by Gasteiger charge is 2.42. The van der Waals surface area contributed by atoms with Gasteiger partial charge in [-0.05, 0) is 64.7 Å². The van der Waals surface area contributed by atoms with Gasteiger partial charge in [0.1, 0.15) is 33.2 Å². The second-order valence-electron chi connectivity index (χ2n) is 7.56. The van der Waals surface area contributed by atoms with Crippen molar-refractivity contribution in [2.45, 2.75) is 69.6 Å². The number of hydrogen-bond acceptors (Lipinski definition) is 3. The Morgan fingerprint density at radius 1 is 1.22 bits per heavy atom. The van der Waals surface area contributed by atoms with E-state index >= 15 is 0 Å². The van der Waals surface area contributed by atoms with E-state index in [9.17, 15) is 4.55 Å². The zero-order valence-electron chi connectivity index (χ0n) is 14.0. The molecule has 5 heteroatoms. The molecule has 1 saturated carbocycles. The molecule has 1 heterocycles. The lowest BCUT2D eigenvalue weighted by Gasteiger charge is -2.41. The van der Waals surface area contributed by atoms with E-state index < -0.39 is 11.4 Å². The van der Waals surface area contributed by atoms with Gasteiger partial charge in [-0.3, -0.25) is 0 Å². The molecule has 1 aliphatic carbocycles. The Kier molecular flexibility index (Phi) is 4.83. The molecule has 1 aliphatic heterocycles. The third-order valence-corrected chi connectivity index (χ3v) is 6.48. The normalized spacial score (nSPS) is 23.4. The van der Waals surface area contributed by atoms with Crippen molar-refractivity contribution >= 4 is 33.0 Å². The maximum Gasteiger partial charge on any atom is 0.144 e. The van der Waals surface area contributed by atoms with Crippen molar-refractivity contribution in [3.63, 3.8) is 0 Å². The molecule has 0 bridgehead atoms. The molecule has 1 spiro atoms. The molecule has 0 amide bonds. The Morgan fingerprint density at radius 2 is 1.91 bits per heavy atom. The van der Waals surface area contributed by atoms with Crippen LogP contribution in [-0.4, -0.2) is 20.6 Å². The highest BCUT2D eigenvalue weighted by atomic mass is 79.9. The average molecular weight is 398 g/mol. The predicted octanol–water partition coefficient (Wildman–Crippen LogP) is 5.19. The van der Waals surface area contributed by atoms with Gasteiger partial charge in [0.05, 0.1) is 0 Å². The summed E-state index contributed by atoms with van der Waals surface area (Å²) in [5.41, 5.74) is 1.76. The second kappa shape index (κ2) is 6.41. The molecule has 1 atom stereocenters. The van der Waals surface area contributed by atoms with E-state index in [1.807, 2.05) is 39.0 Å². The molecule has 3 nitrogen and oxygen atoms in total. The second-order valence-corrected chi connectivity index (χ2v) is 10.4. The third kappa shape index (κ3) is 3.77. The summed E-state index contributed by atoms with van der Waals surface area (Å²) < 4.78 is 24.3. The molecule has 0 N–H and O–H groups in total. The minimum absolute atomic E-state index is 0.153. The van der Waals surface area contributed by atoms with E-state index in [2.05, 4.69) is 20.3 Å². The fourth-order valence-electron chi connectivity index (χ4n) is 3.28. The summed E-state index contributed by atoms with van der Waals surface area (Å²) in [7, 11) is 0. The largest absolute Gasteiger partial charge is 0.591 e. The fraction of sp³-hybridized carbons (Fsp3) is 0.611. The molecule has 0 saturated heterocycles. The van der Waals surface area contributed by atoms with Crippen LogP contribution in [0.1, 0.15) is 64.9 Å². The lowest BCUT2D eigenvalue weighted by Crippen LogP contribution is -2.44. The topological polar surface area (TPSA) is 44.7 Å². The van der Waals surface area contributed by atoms with Gasteiger partial charge in [0.25, 0.3) is 0 Å². The maximum atomic E-state index is 12.6. The quantitative estimate of drug-likeness (QED) is 0.612. The highest BCUT2D eigenvalue weighted by molar-refractivity contribution is 9.10. The van der Waals surface area contributed by atoms with Crippen molar-refractivity contribution in [2.24, 2.45) is 4.40 Å². The maximum absolute atomic E-state index is 12.6. The molecule has 3 rings (SSSR count). The van der Waals surface area contributed by atoms with Gasteiger partial charge in [-0.15, -0.1) is 0 Å². The van der Waals surface area contributed by atoms with Gasteiger partial charge >= 0.3 is 0 Å². The van der Waals surface area contributed by atoms with Crippen molar-refractivity contribution in [3.05, 3.63) is 28.2 Å². The number of fused-ring (bicyclic) bond motifs is 1. The Balaban J connectivity index is 2.02. The van der Waals surface area contributed by atoms with E-state index in [1.165, 1.54) is 19.3 Å². The first kappa shape index (κ1) is 17.3. The number of benzene rings is 1. The van der Waals surface area contributed by atoms with E-state index in [-0.39, 0.29) is 10.3 Å². The molecule has 1 fully saturated rings. The smallest absolute Gasteiger partial charge is 0.144 e. The van der Waals surface area contributed by atoms with Gasteiger partial charge < -0.3 is 9.29 Å². The Bertz CT molecular complexity index is 618. The summed E-state index contributed by atoms with van der Waals surface area (Å²) in [4.78, 5) is 0. The number of ether oxygens (including phenoxy) is 1. The lowest BCUT2D eigenvalue weighted by molar-refractivity contribution is 0.0322. The zero-order valence-corrected chi connectivity index (χ0v) is 16.4. The van der Waals surface area contributed by atoms with Gasteiger partial charge in [0, 0.05) is 16.5 Å². The third-order valence-electron chi connectivity index (χ3n) is 4.55. The van der Waals surface area contributed by atoms with Crippen LogP contribution in [0.5, 0.6) is 5.75 Å². The van der Waals surface area contributed by atoms with Crippen LogP contribution in [0.25, 0.3) is 0 Å². The van der Waals surface area contributed by atoms with Crippen molar-refractivity contribution in [2.75, 3.05) is 0 Å². The predicted molar refractivity (Wildman–Crippen MR) is 99.6 cm³/mol. The van der Waals surface area contributed by atoms with Crippen LogP contribution < -0.4 is 4.74 Å². The summed E-state index contributed by atoms with van der Waals surface area (Å²) in [6.07, 6.45) is 6.55. The molecular formula is C18H24BrNO2S. The first-order chi connectivity index (χ1) is 10.8. The van der Waals surface area contributed by atoms with Gasteiger partial charge in [-0.25, -0.2) is 0 Å². The van der Waals surface area contributed by atoms with Gasteiger partial charge in [0.2, 0.25) is 0 Å². The Morgan fingerprint density at radius 3 is 2.57 bits per heavy atom. The number of hydrogen-bond donors (Lipinski definition) is 0. The SMILES string of the molecule is CC(C)(C)[S+]([O-])/N=C1\CC2(CCCCC2)Oc2ccc(Br)cc21. The van der Waals surface area contributed by atoms with Crippen LogP contribution in [0, 0.1) is 0 Å². The molecule has 1 aromatic rings. The average Bonchev–Trinajstić information content (AvgIpc) is 2.48. The molecule has 23 heavy (non-hydrogen) atoms. The summed E-state index contributed by atoms with van der Waals surface area (Å²) in [6.45, 7) is 5.89. The van der Waals surface area contributed by atoms with Crippen LogP contribution in [-0.2, 0) is 11.4 Å². The van der Waals surface area contributed by atoms with Crippen LogP contribution in [0.2, 0.25) is 0 Å². The lowest BCUT2D eigenvalue weighted by atomic mass is 9.78. The van der Waals surface area contributed by atoms with Crippen molar-refractivity contribution in [3.8, 4) is 5.75 Å². The van der Waals surface area contributed by atoms with E-state index in [1.54, 1.807) is 0 Å². The number of nitrogens with zero attached hydrogens (tertiary/aromatic N) is 1.